The molecule has 1 saturated carbocycles. The average Bonchev–Trinajstić information content (AvgIpc) is 2.61. The third kappa shape index (κ3) is 6.69. The van der Waals surface area contributed by atoms with Crippen LogP contribution in [0.3, 0.4) is 0 Å². The van der Waals surface area contributed by atoms with E-state index in [0.29, 0.717) is 6.42 Å². The van der Waals surface area contributed by atoms with Gasteiger partial charge in [-0.15, -0.1) is 0 Å². The lowest BCUT2D eigenvalue weighted by Crippen LogP contribution is -2.62. The van der Waals surface area contributed by atoms with Crippen molar-refractivity contribution in [3.8, 4) is 0 Å². The molecule has 0 saturated heterocycles. The fourth-order valence-electron chi connectivity index (χ4n) is 3.58. The normalized spacial score (nSPS) is 29.3. The van der Waals surface area contributed by atoms with E-state index in [2.05, 4.69) is 0 Å². The minimum absolute atomic E-state index is 0.287. The standard InChI is InChI=1S/C25H36O4/c1-19(11-7-8-14-21(3)22(26)27)12-9-13-20(2)15-18-25(29)23(4,5)16-10-17-24(25,6)28/h7-9,11-15,18,28-29H,10,16-17H2,1-6H3,(H,26,27)/b8-7+,12-9+,18-15+,19-11+,20-13+,21-14+/t24-,25+/m1/s1. The fourth-order valence-corrected chi connectivity index (χ4v) is 3.58. The van der Waals surface area contributed by atoms with Gasteiger partial charge in [-0.1, -0.05) is 73.6 Å². The van der Waals surface area contributed by atoms with Crippen LogP contribution in [0.2, 0.25) is 0 Å². The second-order valence-corrected chi connectivity index (χ2v) is 8.83. The smallest absolute Gasteiger partial charge is 0.331 e. The number of hydrogen-bond donors (Lipinski definition) is 3. The minimum atomic E-state index is -1.28. The van der Waals surface area contributed by atoms with Crippen molar-refractivity contribution in [1.82, 2.24) is 0 Å². The Balaban J connectivity index is 2.82. The van der Waals surface area contributed by atoms with Gasteiger partial charge in [0, 0.05) is 5.57 Å². The maximum Gasteiger partial charge on any atom is 0.331 e. The van der Waals surface area contributed by atoms with Gasteiger partial charge in [-0.25, -0.2) is 4.79 Å². The molecule has 0 aliphatic heterocycles. The summed E-state index contributed by atoms with van der Waals surface area (Å²) in [4.78, 5) is 10.7. The van der Waals surface area contributed by atoms with Crippen molar-refractivity contribution in [2.45, 2.75) is 72.0 Å². The minimum Gasteiger partial charge on any atom is -0.478 e. The summed E-state index contributed by atoms with van der Waals surface area (Å²) in [5, 5.41) is 30.8. The zero-order valence-electron chi connectivity index (χ0n) is 18.6. The van der Waals surface area contributed by atoms with Crippen molar-refractivity contribution in [1.29, 1.82) is 0 Å². The molecular formula is C25H36O4. The Morgan fingerprint density at radius 1 is 0.828 bits per heavy atom. The van der Waals surface area contributed by atoms with E-state index in [1.807, 2.05) is 58.1 Å². The molecule has 0 bridgehead atoms. The maximum atomic E-state index is 11.2. The van der Waals surface area contributed by atoms with Crippen LogP contribution >= 0.6 is 0 Å². The number of aliphatic carboxylic acids is 1. The van der Waals surface area contributed by atoms with Crippen LogP contribution in [0.1, 0.15) is 60.8 Å². The molecule has 3 N–H and O–H groups in total. The molecule has 0 amide bonds. The molecule has 0 aromatic heterocycles. The Bertz CT molecular complexity index is 755. The van der Waals surface area contributed by atoms with Gasteiger partial charge in [0.25, 0.3) is 0 Å². The molecule has 0 radical (unpaired) electrons. The molecule has 1 aliphatic carbocycles. The molecule has 160 valence electrons. The number of rotatable bonds is 7. The largest absolute Gasteiger partial charge is 0.478 e. The summed E-state index contributed by atoms with van der Waals surface area (Å²) in [6.45, 7) is 11.2. The Morgan fingerprint density at radius 2 is 1.38 bits per heavy atom. The summed E-state index contributed by atoms with van der Waals surface area (Å²) in [6, 6.07) is 0. The summed E-state index contributed by atoms with van der Waals surface area (Å²) in [6.07, 6.45) is 18.7. The monoisotopic (exact) mass is 400 g/mol. The van der Waals surface area contributed by atoms with Crippen LogP contribution in [0.4, 0.5) is 0 Å². The second-order valence-electron chi connectivity index (χ2n) is 8.83. The number of hydrogen-bond acceptors (Lipinski definition) is 3. The Labute approximate surface area is 175 Å². The van der Waals surface area contributed by atoms with Crippen LogP contribution in [0.5, 0.6) is 0 Å². The molecule has 1 fully saturated rings. The molecule has 0 spiro atoms. The number of carboxylic acid groups (broad SMARTS) is 1. The molecule has 1 aliphatic rings. The van der Waals surface area contributed by atoms with Crippen LogP contribution in [0.25, 0.3) is 0 Å². The zero-order valence-corrected chi connectivity index (χ0v) is 18.6. The topological polar surface area (TPSA) is 77.8 Å². The summed E-state index contributed by atoms with van der Waals surface area (Å²) >= 11 is 0. The molecule has 29 heavy (non-hydrogen) atoms. The highest BCUT2D eigenvalue weighted by molar-refractivity contribution is 5.86. The molecule has 0 heterocycles. The SMILES string of the molecule is CC(/C=C/C=C(C)/C=C/[C@]1(O)C(C)(C)CCC[C@@]1(C)O)=C\C=C\C=C(/C)C(=O)O. The van der Waals surface area contributed by atoms with Gasteiger partial charge < -0.3 is 15.3 Å². The van der Waals surface area contributed by atoms with Gasteiger partial charge in [-0.3, -0.25) is 0 Å². The van der Waals surface area contributed by atoms with E-state index in [1.165, 1.54) is 0 Å². The van der Waals surface area contributed by atoms with Crippen molar-refractivity contribution in [2.75, 3.05) is 0 Å². The summed E-state index contributed by atoms with van der Waals surface area (Å²) in [7, 11) is 0. The van der Waals surface area contributed by atoms with Crippen molar-refractivity contribution in [2.24, 2.45) is 5.41 Å². The molecule has 2 atom stereocenters. The lowest BCUT2D eigenvalue weighted by Gasteiger charge is -2.53. The van der Waals surface area contributed by atoms with E-state index in [4.69, 9.17) is 5.11 Å². The van der Waals surface area contributed by atoms with Crippen LogP contribution in [0, 0.1) is 5.41 Å². The molecule has 0 unspecified atom stereocenters. The molecule has 0 aromatic carbocycles. The first-order valence-corrected chi connectivity index (χ1v) is 10.1. The van der Waals surface area contributed by atoms with Gasteiger partial charge in [-0.05, 0) is 58.4 Å². The summed E-state index contributed by atoms with van der Waals surface area (Å²) in [5.74, 6) is -0.924. The fraction of sp³-hybridized carbons (Fsp3) is 0.480. The predicted octanol–water partition coefficient (Wildman–Crippen LogP) is 5.27. The predicted molar refractivity (Wildman–Crippen MR) is 120 cm³/mol. The third-order valence-corrected chi connectivity index (χ3v) is 5.78. The van der Waals surface area contributed by atoms with Crippen LogP contribution in [0.15, 0.2) is 71.4 Å². The van der Waals surface area contributed by atoms with Gasteiger partial charge in [0.1, 0.15) is 5.60 Å². The third-order valence-electron chi connectivity index (χ3n) is 5.78. The Morgan fingerprint density at radius 3 is 1.97 bits per heavy atom. The van der Waals surface area contributed by atoms with Gasteiger partial charge in [0.15, 0.2) is 0 Å². The van der Waals surface area contributed by atoms with Gasteiger partial charge in [0.2, 0.25) is 0 Å². The van der Waals surface area contributed by atoms with Crippen molar-refractivity contribution in [3.05, 3.63) is 71.4 Å². The lowest BCUT2D eigenvalue weighted by molar-refractivity contribution is -0.194. The Hall–Kier alpha value is -2.17. The van der Waals surface area contributed by atoms with E-state index in [-0.39, 0.29) is 5.57 Å². The van der Waals surface area contributed by atoms with E-state index in [0.717, 1.165) is 24.0 Å². The van der Waals surface area contributed by atoms with Crippen LogP contribution < -0.4 is 0 Å². The van der Waals surface area contributed by atoms with Crippen molar-refractivity contribution in [3.63, 3.8) is 0 Å². The number of aliphatic hydroxyl groups is 2. The molecule has 1 rings (SSSR count). The van der Waals surface area contributed by atoms with Crippen LogP contribution in [-0.4, -0.2) is 32.5 Å². The van der Waals surface area contributed by atoms with Crippen LogP contribution in [-0.2, 0) is 4.79 Å². The van der Waals surface area contributed by atoms with E-state index in [9.17, 15) is 15.0 Å². The highest BCUT2D eigenvalue weighted by Crippen LogP contribution is 2.50. The number of allylic oxidation sites excluding steroid dienone is 10. The lowest BCUT2D eigenvalue weighted by atomic mass is 9.58. The van der Waals surface area contributed by atoms with Gasteiger partial charge in [0.05, 0.1) is 5.60 Å². The molecular weight excluding hydrogens is 364 g/mol. The molecule has 4 heteroatoms. The van der Waals surface area contributed by atoms with E-state index >= 15 is 0 Å². The number of carboxylic acids is 1. The summed E-state index contributed by atoms with van der Waals surface area (Å²) in [5.41, 5.74) is -0.559. The maximum absolute atomic E-state index is 11.2. The second kappa shape index (κ2) is 10.0. The Kier molecular flexibility index (Phi) is 8.61. The summed E-state index contributed by atoms with van der Waals surface area (Å²) < 4.78 is 0. The van der Waals surface area contributed by atoms with Gasteiger partial charge in [-0.2, -0.15) is 0 Å². The van der Waals surface area contributed by atoms with E-state index < -0.39 is 22.6 Å². The average molecular weight is 401 g/mol. The molecule has 4 nitrogen and oxygen atoms in total. The highest BCUT2D eigenvalue weighted by Gasteiger charge is 2.56. The quantitative estimate of drug-likeness (QED) is 0.402. The number of carbonyl (C=O) groups is 1. The van der Waals surface area contributed by atoms with Gasteiger partial charge >= 0.3 is 5.97 Å². The van der Waals surface area contributed by atoms with Crippen molar-refractivity contribution >= 4 is 5.97 Å². The molecule has 0 aromatic rings. The zero-order chi connectivity index (χ0) is 22.3. The highest BCUT2D eigenvalue weighted by atomic mass is 16.4. The first-order valence-electron chi connectivity index (χ1n) is 10.1. The first kappa shape index (κ1) is 24.9. The van der Waals surface area contributed by atoms with Crippen molar-refractivity contribution < 1.29 is 20.1 Å². The van der Waals surface area contributed by atoms with E-state index in [1.54, 1.807) is 38.2 Å². The first-order chi connectivity index (χ1) is 13.3.